The molecule has 7 heteroatoms. The molecular formula is C24H26N6O. The predicted molar refractivity (Wildman–Crippen MR) is 122 cm³/mol. The van der Waals surface area contributed by atoms with Crippen molar-refractivity contribution in [3.8, 4) is 11.1 Å². The number of fused-ring (bicyclic) bond motifs is 1. The first kappa shape index (κ1) is 19.7. The van der Waals surface area contributed by atoms with Crippen molar-refractivity contribution in [1.29, 1.82) is 0 Å². The summed E-state index contributed by atoms with van der Waals surface area (Å²) in [5.74, 6) is 0. The number of aromatic nitrogens is 4. The average molecular weight is 415 g/mol. The second-order valence-electron chi connectivity index (χ2n) is 7.90. The normalized spacial score (nSPS) is 15.8. The van der Waals surface area contributed by atoms with E-state index in [1.54, 1.807) is 6.20 Å². The molecule has 1 unspecified atom stereocenters. The van der Waals surface area contributed by atoms with Crippen LogP contribution in [0.4, 0.5) is 5.69 Å². The van der Waals surface area contributed by atoms with Gasteiger partial charge in [0.25, 0.3) is 0 Å². The number of hydrogen-bond acceptors (Lipinski definition) is 6. The van der Waals surface area contributed by atoms with E-state index < -0.39 is 0 Å². The fourth-order valence-electron chi connectivity index (χ4n) is 3.99. The first-order valence-corrected chi connectivity index (χ1v) is 10.7. The summed E-state index contributed by atoms with van der Waals surface area (Å²) in [7, 11) is 0. The molecule has 0 radical (unpaired) electrons. The van der Waals surface area contributed by atoms with Gasteiger partial charge in [-0.3, -0.25) is 20.0 Å². The summed E-state index contributed by atoms with van der Waals surface area (Å²) in [4.78, 5) is 11.3. The van der Waals surface area contributed by atoms with Crippen LogP contribution in [0.15, 0.2) is 61.1 Å². The molecule has 3 aromatic heterocycles. The van der Waals surface area contributed by atoms with E-state index in [0.29, 0.717) is 0 Å². The number of anilines is 1. The van der Waals surface area contributed by atoms with Gasteiger partial charge in [0.05, 0.1) is 48.0 Å². The van der Waals surface area contributed by atoms with Crippen molar-refractivity contribution in [3.63, 3.8) is 0 Å². The first-order valence-electron chi connectivity index (χ1n) is 10.7. The number of nitrogens with zero attached hydrogens (tertiary/aromatic N) is 4. The zero-order valence-electron chi connectivity index (χ0n) is 17.6. The summed E-state index contributed by atoms with van der Waals surface area (Å²) in [5.41, 5.74) is 6.30. The van der Waals surface area contributed by atoms with Gasteiger partial charge in [0.2, 0.25) is 0 Å². The Labute approximate surface area is 181 Å². The summed E-state index contributed by atoms with van der Waals surface area (Å²) >= 11 is 0. The number of benzene rings is 1. The zero-order chi connectivity index (χ0) is 21.0. The van der Waals surface area contributed by atoms with E-state index in [1.165, 1.54) is 0 Å². The van der Waals surface area contributed by atoms with Crippen LogP contribution in [0.2, 0.25) is 0 Å². The molecule has 1 aromatic carbocycles. The van der Waals surface area contributed by atoms with Gasteiger partial charge in [-0.2, -0.15) is 5.10 Å². The molecule has 0 amide bonds. The van der Waals surface area contributed by atoms with Crippen molar-refractivity contribution in [2.75, 3.05) is 31.6 Å². The molecular weight excluding hydrogens is 388 g/mol. The molecule has 158 valence electrons. The van der Waals surface area contributed by atoms with E-state index in [2.05, 4.69) is 67.6 Å². The van der Waals surface area contributed by atoms with Crippen molar-refractivity contribution in [1.82, 2.24) is 25.1 Å². The van der Waals surface area contributed by atoms with Crippen LogP contribution >= 0.6 is 0 Å². The fraction of sp³-hybridized carbons (Fsp3) is 0.292. The lowest BCUT2D eigenvalue weighted by Crippen LogP contribution is -2.35. The summed E-state index contributed by atoms with van der Waals surface area (Å²) < 4.78 is 5.42. The van der Waals surface area contributed by atoms with Crippen LogP contribution in [-0.4, -0.2) is 51.4 Å². The molecule has 4 heterocycles. The lowest BCUT2D eigenvalue weighted by Gasteiger charge is -2.26. The van der Waals surface area contributed by atoms with Crippen LogP contribution < -0.4 is 5.32 Å². The molecule has 1 aliphatic rings. The lowest BCUT2D eigenvalue weighted by molar-refractivity contribution is 0.0336. The summed E-state index contributed by atoms with van der Waals surface area (Å²) in [5, 5.41) is 12.4. The second kappa shape index (κ2) is 8.83. The Balaban J connectivity index is 1.31. The number of morpholine rings is 1. The number of aromatic amines is 1. The van der Waals surface area contributed by atoms with Crippen molar-refractivity contribution in [2.24, 2.45) is 0 Å². The Morgan fingerprint density at radius 1 is 1.10 bits per heavy atom. The molecule has 1 atom stereocenters. The molecule has 2 N–H and O–H groups in total. The first-order chi connectivity index (χ1) is 15.3. The monoisotopic (exact) mass is 414 g/mol. The van der Waals surface area contributed by atoms with E-state index in [0.717, 1.165) is 72.0 Å². The fourth-order valence-corrected chi connectivity index (χ4v) is 3.99. The van der Waals surface area contributed by atoms with E-state index in [-0.39, 0.29) is 6.04 Å². The van der Waals surface area contributed by atoms with Crippen molar-refractivity contribution in [3.05, 3.63) is 72.4 Å². The topological polar surface area (TPSA) is 79.0 Å². The van der Waals surface area contributed by atoms with Gasteiger partial charge in [0.15, 0.2) is 0 Å². The van der Waals surface area contributed by atoms with Crippen molar-refractivity contribution >= 4 is 16.6 Å². The van der Waals surface area contributed by atoms with E-state index in [9.17, 15) is 0 Å². The SMILES string of the molecule is CC(Nc1ccc(CN2CCOCC2)nc1)c1[nH]nc2ccc(-c3cccnc3)cc12. The molecule has 1 fully saturated rings. The van der Waals surface area contributed by atoms with Gasteiger partial charge < -0.3 is 10.1 Å². The Kier molecular flexibility index (Phi) is 5.60. The molecule has 0 bridgehead atoms. The lowest BCUT2D eigenvalue weighted by atomic mass is 10.0. The van der Waals surface area contributed by atoms with Crippen molar-refractivity contribution in [2.45, 2.75) is 19.5 Å². The zero-order valence-corrected chi connectivity index (χ0v) is 17.6. The Bertz CT molecular complexity index is 1140. The van der Waals surface area contributed by atoms with Crippen LogP contribution in [-0.2, 0) is 11.3 Å². The number of hydrogen-bond donors (Lipinski definition) is 2. The smallest absolute Gasteiger partial charge is 0.0924 e. The van der Waals surface area contributed by atoms with Crippen LogP contribution in [0.5, 0.6) is 0 Å². The molecule has 7 nitrogen and oxygen atoms in total. The van der Waals surface area contributed by atoms with Crippen LogP contribution in [0.1, 0.15) is 24.4 Å². The largest absolute Gasteiger partial charge is 0.379 e. The summed E-state index contributed by atoms with van der Waals surface area (Å²) in [6.45, 7) is 6.53. The minimum Gasteiger partial charge on any atom is -0.379 e. The van der Waals surface area contributed by atoms with E-state index >= 15 is 0 Å². The summed E-state index contributed by atoms with van der Waals surface area (Å²) in [6, 6.07) is 14.6. The standard InChI is InChI=1S/C24H26N6O/c1-17(27-20-5-6-21(26-15-20)16-30-9-11-31-12-10-30)24-22-13-18(4-7-23(22)28-29-24)19-3-2-8-25-14-19/h2-8,13-15,17,27H,9-12,16H2,1H3,(H,28,29). The molecule has 1 saturated heterocycles. The highest BCUT2D eigenvalue weighted by molar-refractivity contribution is 5.87. The number of H-pyrrole nitrogens is 1. The van der Waals surface area contributed by atoms with Gasteiger partial charge in [-0.15, -0.1) is 0 Å². The van der Waals surface area contributed by atoms with Crippen LogP contribution in [0, 0.1) is 0 Å². The third-order valence-electron chi connectivity index (χ3n) is 5.71. The third kappa shape index (κ3) is 4.42. The maximum absolute atomic E-state index is 5.42. The highest BCUT2D eigenvalue weighted by atomic mass is 16.5. The number of ether oxygens (including phenoxy) is 1. The molecule has 0 spiro atoms. The maximum Gasteiger partial charge on any atom is 0.0924 e. The number of rotatable bonds is 6. The number of pyridine rings is 2. The van der Waals surface area contributed by atoms with Gasteiger partial charge in [-0.1, -0.05) is 12.1 Å². The molecule has 0 saturated carbocycles. The molecule has 5 rings (SSSR count). The van der Waals surface area contributed by atoms with Gasteiger partial charge in [-0.05, 0) is 42.8 Å². The quantitative estimate of drug-likeness (QED) is 0.496. The molecule has 4 aromatic rings. The predicted octanol–water partition coefficient (Wildman–Crippen LogP) is 4.03. The molecule has 1 aliphatic heterocycles. The van der Waals surface area contributed by atoms with E-state index in [4.69, 9.17) is 4.74 Å². The Morgan fingerprint density at radius 3 is 2.77 bits per heavy atom. The third-order valence-corrected chi connectivity index (χ3v) is 5.71. The minimum atomic E-state index is 0.0565. The minimum absolute atomic E-state index is 0.0565. The van der Waals surface area contributed by atoms with Gasteiger partial charge in [-0.25, -0.2) is 0 Å². The van der Waals surface area contributed by atoms with Crippen LogP contribution in [0.3, 0.4) is 0 Å². The average Bonchev–Trinajstić information content (AvgIpc) is 3.25. The van der Waals surface area contributed by atoms with Crippen molar-refractivity contribution < 1.29 is 4.74 Å². The Morgan fingerprint density at radius 2 is 2.00 bits per heavy atom. The summed E-state index contributed by atoms with van der Waals surface area (Å²) in [6.07, 6.45) is 5.58. The second-order valence-corrected chi connectivity index (χ2v) is 7.90. The van der Waals surface area contributed by atoms with Gasteiger partial charge in [0.1, 0.15) is 0 Å². The Hall–Kier alpha value is -3.29. The van der Waals surface area contributed by atoms with Gasteiger partial charge in [0, 0.05) is 43.0 Å². The molecule has 31 heavy (non-hydrogen) atoms. The van der Waals surface area contributed by atoms with Crippen LogP contribution in [0.25, 0.3) is 22.0 Å². The van der Waals surface area contributed by atoms with Gasteiger partial charge >= 0.3 is 0 Å². The number of nitrogens with one attached hydrogen (secondary N) is 2. The van der Waals surface area contributed by atoms with E-state index in [1.807, 2.05) is 24.5 Å². The highest BCUT2D eigenvalue weighted by Crippen LogP contribution is 2.29. The maximum atomic E-state index is 5.42. The highest BCUT2D eigenvalue weighted by Gasteiger charge is 2.15. The molecule has 0 aliphatic carbocycles.